The second-order valence-electron chi connectivity index (χ2n) is 7.48. The Bertz CT molecular complexity index is 474. The zero-order valence-corrected chi connectivity index (χ0v) is 15.7. The molecule has 0 aromatic heterocycles. The van der Waals surface area contributed by atoms with Crippen molar-refractivity contribution in [1.29, 1.82) is 0 Å². The summed E-state index contributed by atoms with van der Waals surface area (Å²) < 4.78 is 0. The number of carbonyl (C=O) groups excluding carboxylic acids is 1. The topological polar surface area (TPSA) is 74.6 Å². The van der Waals surface area contributed by atoms with Crippen molar-refractivity contribution >= 4 is 11.8 Å². The first-order chi connectivity index (χ1) is 11.9. The number of hydrogen-bond donors (Lipinski definition) is 2. The van der Waals surface area contributed by atoms with Gasteiger partial charge in [-0.05, 0) is 70.6 Å². The Hall–Kier alpha value is -1.42. The average Bonchev–Trinajstić information content (AvgIpc) is 2.87. The van der Waals surface area contributed by atoms with Crippen molar-refractivity contribution < 1.29 is 19.8 Å². The van der Waals surface area contributed by atoms with Crippen LogP contribution in [0.1, 0.15) is 78.1 Å². The van der Waals surface area contributed by atoms with Gasteiger partial charge in [-0.25, -0.2) is 0 Å². The van der Waals surface area contributed by atoms with Crippen LogP contribution >= 0.6 is 0 Å². The number of ketones is 1. The number of hydrogen-bond acceptors (Lipinski definition) is 3. The number of rotatable bonds is 12. The zero-order valence-electron chi connectivity index (χ0n) is 15.7. The predicted octanol–water partition coefficient (Wildman–Crippen LogP) is 4.67. The highest BCUT2D eigenvalue weighted by Gasteiger charge is 2.34. The Morgan fingerprint density at radius 2 is 1.76 bits per heavy atom. The molecule has 0 aliphatic heterocycles. The van der Waals surface area contributed by atoms with E-state index in [9.17, 15) is 14.7 Å². The summed E-state index contributed by atoms with van der Waals surface area (Å²) in [5, 5.41) is 18.8. The number of aliphatic hydroxyl groups excluding tert-OH is 1. The third-order valence-electron chi connectivity index (χ3n) is 4.97. The minimum atomic E-state index is -0.761. The molecule has 1 fully saturated rings. The number of carboxylic acids is 1. The van der Waals surface area contributed by atoms with Gasteiger partial charge in [-0.1, -0.05) is 23.8 Å². The van der Waals surface area contributed by atoms with Crippen LogP contribution in [0.2, 0.25) is 0 Å². The van der Waals surface area contributed by atoms with Gasteiger partial charge >= 0.3 is 5.97 Å². The number of carboxylic acid groups (broad SMARTS) is 1. The summed E-state index contributed by atoms with van der Waals surface area (Å²) in [5.74, 6) is 0.00607. The number of Topliss-reactive ketones (excluding diaryl/α,β-unsaturated/α-hetero) is 1. The number of unbranched alkanes of at least 4 members (excludes halogenated alkanes) is 2. The minimum Gasteiger partial charge on any atom is -0.481 e. The summed E-state index contributed by atoms with van der Waals surface area (Å²) in [4.78, 5) is 22.7. The van der Waals surface area contributed by atoms with Crippen molar-refractivity contribution in [2.24, 2.45) is 11.8 Å². The molecule has 1 aliphatic carbocycles. The summed E-state index contributed by atoms with van der Waals surface area (Å²) in [6.07, 6.45) is 13.1. The van der Waals surface area contributed by atoms with Gasteiger partial charge in [-0.15, -0.1) is 0 Å². The molecule has 142 valence electrons. The lowest BCUT2D eigenvalue weighted by molar-refractivity contribution is -0.137. The van der Waals surface area contributed by atoms with Crippen LogP contribution in [0.25, 0.3) is 0 Å². The zero-order chi connectivity index (χ0) is 18.7. The van der Waals surface area contributed by atoms with Crippen LogP contribution in [0.15, 0.2) is 23.8 Å². The van der Waals surface area contributed by atoms with E-state index in [0.717, 1.165) is 38.5 Å². The molecule has 1 rings (SSSR count). The Kier molecular flexibility index (Phi) is 10.4. The van der Waals surface area contributed by atoms with E-state index in [0.29, 0.717) is 25.0 Å². The summed E-state index contributed by atoms with van der Waals surface area (Å²) in [6.45, 7) is 4.14. The first-order valence-corrected chi connectivity index (χ1v) is 9.60. The standard InChI is InChI=1S/C21H34O4/c1-16(2)9-7-8-10-18(22)15-17-13-14-20(23)19(17)11-5-3-4-6-12-21(24)25/h3,5,9,17,19-20,23H,4,6-8,10-15H2,1-2H3,(H,24,25)/t17-,19-,20+/m1/s1. The number of aliphatic carboxylic acids is 1. The molecule has 0 heterocycles. The highest BCUT2D eigenvalue weighted by molar-refractivity contribution is 5.78. The number of allylic oxidation sites excluding steroid dienone is 4. The summed E-state index contributed by atoms with van der Waals surface area (Å²) >= 11 is 0. The molecule has 0 unspecified atom stereocenters. The van der Waals surface area contributed by atoms with Gasteiger partial charge < -0.3 is 10.2 Å². The Labute approximate surface area is 152 Å². The SMILES string of the molecule is CC(C)=CCCCC(=O)C[C@H]1CC[C@H](O)[C@@H]1CC=CCCCC(=O)O. The summed E-state index contributed by atoms with van der Waals surface area (Å²) in [7, 11) is 0. The van der Waals surface area contributed by atoms with Gasteiger partial charge in [0.2, 0.25) is 0 Å². The van der Waals surface area contributed by atoms with Crippen molar-refractivity contribution in [3.8, 4) is 0 Å². The summed E-state index contributed by atoms with van der Waals surface area (Å²) in [5.41, 5.74) is 1.29. The van der Waals surface area contributed by atoms with Crippen LogP contribution in [0.4, 0.5) is 0 Å². The molecule has 0 radical (unpaired) electrons. The van der Waals surface area contributed by atoms with Crippen molar-refractivity contribution in [2.45, 2.75) is 84.2 Å². The van der Waals surface area contributed by atoms with Crippen LogP contribution in [0.5, 0.6) is 0 Å². The highest BCUT2D eigenvalue weighted by atomic mass is 16.4. The van der Waals surface area contributed by atoms with Crippen LogP contribution < -0.4 is 0 Å². The van der Waals surface area contributed by atoms with E-state index in [1.165, 1.54) is 5.57 Å². The van der Waals surface area contributed by atoms with Crippen molar-refractivity contribution in [3.05, 3.63) is 23.8 Å². The van der Waals surface area contributed by atoms with Gasteiger partial charge in [0, 0.05) is 19.3 Å². The van der Waals surface area contributed by atoms with E-state index in [4.69, 9.17) is 5.11 Å². The highest BCUT2D eigenvalue weighted by Crippen LogP contribution is 2.37. The molecule has 4 heteroatoms. The lowest BCUT2D eigenvalue weighted by Gasteiger charge is -2.20. The lowest BCUT2D eigenvalue weighted by Crippen LogP contribution is -2.20. The van der Waals surface area contributed by atoms with Gasteiger partial charge in [0.15, 0.2) is 0 Å². The van der Waals surface area contributed by atoms with Gasteiger partial charge in [0.25, 0.3) is 0 Å². The fourth-order valence-electron chi connectivity index (χ4n) is 3.56. The maximum atomic E-state index is 12.2. The normalized spacial score (nSPS) is 23.1. The van der Waals surface area contributed by atoms with E-state index in [1.54, 1.807) is 0 Å². The van der Waals surface area contributed by atoms with E-state index < -0.39 is 5.97 Å². The summed E-state index contributed by atoms with van der Waals surface area (Å²) in [6, 6.07) is 0. The molecule has 0 amide bonds. The van der Waals surface area contributed by atoms with Gasteiger partial charge in [-0.2, -0.15) is 0 Å². The van der Waals surface area contributed by atoms with Gasteiger partial charge in [0.1, 0.15) is 5.78 Å². The average molecular weight is 350 g/mol. The van der Waals surface area contributed by atoms with Crippen LogP contribution in [0.3, 0.4) is 0 Å². The molecule has 2 N–H and O–H groups in total. The fourth-order valence-corrected chi connectivity index (χ4v) is 3.56. The fraction of sp³-hybridized carbons (Fsp3) is 0.714. The molecule has 0 aromatic carbocycles. The molecule has 0 aromatic rings. The van der Waals surface area contributed by atoms with E-state index in [1.807, 2.05) is 12.2 Å². The van der Waals surface area contributed by atoms with Gasteiger partial charge in [-0.3, -0.25) is 9.59 Å². The van der Waals surface area contributed by atoms with E-state index in [2.05, 4.69) is 19.9 Å². The Morgan fingerprint density at radius 3 is 2.44 bits per heavy atom. The maximum absolute atomic E-state index is 12.2. The maximum Gasteiger partial charge on any atom is 0.303 e. The van der Waals surface area contributed by atoms with Gasteiger partial charge in [0.05, 0.1) is 6.10 Å². The first kappa shape index (κ1) is 21.6. The largest absolute Gasteiger partial charge is 0.481 e. The second-order valence-corrected chi connectivity index (χ2v) is 7.48. The van der Waals surface area contributed by atoms with Crippen molar-refractivity contribution in [2.75, 3.05) is 0 Å². The molecular weight excluding hydrogens is 316 g/mol. The molecule has 4 nitrogen and oxygen atoms in total. The smallest absolute Gasteiger partial charge is 0.303 e. The lowest BCUT2D eigenvalue weighted by atomic mass is 9.86. The Morgan fingerprint density at radius 1 is 1.04 bits per heavy atom. The van der Waals surface area contributed by atoms with Crippen LogP contribution in [-0.4, -0.2) is 28.1 Å². The molecule has 0 spiro atoms. The quantitative estimate of drug-likeness (QED) is 0.396. The molecule has 1 saturated carbocycles. The van der Waals surface area contributed by atoms with Crippen LogP contribution in [0, 0.1) is 11.8 Å². The monoisotopic (exact) mass is 350 g/mol. The van der Waals surface area contributed by atoms with E-state index >= 15 is 0 Å². The Balaban J connectivity index is 2.32. The first-order valence-electron chi connectivity index (χ1n) is 9.60. The molecule has 1 aliphatic rings. The molecule has 3 atom stereocenters. The molecular formula is C21H34O4. The molecule has 25 heavy (non-hydrogen) atoms. The number of aliphatic hydroxyl groups is 1. The van der Waals surface area contributed by atoms with E-state index in [-0.39, 0.29) is 24.4 Å². The third kappa shape index (κ3) is 9.59. The van der Waals surface area contributed by atoms with Crippen molar-refractivity contribution in [1.82, 2.24) is 0 Å². The second kappa shape index (κ2) is 12.0. The molecule has 0 saturated heterocycles. The third-order valence-corrected chi connectivity index (χ3v) is 4.97. The number of carbonyl (C=O) groups is 2. The van der Waals surface area contributed by atoms with Crippen molar-refractivity contribution in [3.63, 3.8) is 0 Å². The molecule has 0 bridgehead atoms. The predicted molar refractivity (Wildman–Crippen MR) is 100 cm³/mol. The van der Waals surface area contributed by atoms with Crippen LogP contribution in [-0.2, 0) is 9.59 Å². The minimum absolute atomic E-state index is 0.164.